The Kier molecular flexibility index (Phi) is 2.91. The monoisotopic (exact) mass is 295 g/mol. The van der Waals surface area contributed by atoms with Crippen LogP contribution in [0, 0.1) is 0 Å². The zero-order valence-electron chi connectivity index (χ0n) is 10.2. The van der Waals surface area contributed by atoms with Gasteiger partial charge in [0.05, 0.1) is 0 Å². The van der Waals surface area contributed by atoms with Crippen molar-refractivity contribution >= 4 is 15.9 Å². The second-order valence-corrected chi connectivity index (χ2v) is 6.03. The third kappa shape index (κ3) is 2.00. The number of rotatable bonds is 1. The van der Waals surface area contributed by atoms with E-state index in [2.05, 4.69) is 40.3 Å². The Labute approximate surface area is 111 Å². The van der Waals surface area contributed by atoms with Gasteiger partial charge in [-0.1, -0.05) is 22.9 Å². The average molecular weight is 296 g/mol. The summed E-state index contributed by atoms with van der Waals surface area (Å²) in [6.45, 7) is 4.29. The Balaban J connectivity index is 2.00. The molecule has 92 valence electrons. The lowest BCUT2D eigenvalue weighted by atomic mass is 9.89. The van der Waals surface area contributed by atoms with Crippen molar-refractivity contribution < 1.29 is 4.74 Å². The molecule has 3 rings (SSSR count). The molecular formula is C14H18BrNO. The molecule has 1 unspecified atom stereocenters. The Hall–Kier alpha value is -0.540. The summed E-state index contributed by atoms with van der Waals surface area (Å²) >= 11 is 3.59. The van der Waals surface area contributed by atoms with Gasteiger partial charge in [0.2, 0.25) is 0 Å². The molecule has 1 aromatic carbocycles. The third-order valence-electron chi connectivity index (χ3n) is 3.96. The van der Waals surface area contributed by atoms with Crippen molar-refractivity contribution in [3.63, 3.8) is 0 Å². The Bertz CT molecular complexity index is 421. The summed E-state index contributed by atoms with van der Waals surface area (Å²) in [6.07, 6.45) is 4.47. The van der Waals surface area contributed by atoms with Crippen molar-refractivity contribution in [2.24, 2.45) is 0 Å². The fraction of sp³-hybridized carbons (Fsp3) is 0.571. The SMILES string of the molecule is CCc1cc(Br)cc2c1OC1(CCNC1)CC2. The van der Waals surface area contributed by atoms with Gasteiger partial charge < -0.3 is 10.1 Å². The molecule has 0 amide bonds. The predicted octanol–water partition coefficient (Wildman–Crippen LogP) is 3.07. The Morgan fingerprint density at radius 1 is 1.41 bits per heavy atom. The van der Waals surface area contributed by atoms with E-state index in [4.69, 9.17) is 4.74 Å². The standard InChI is InChI=1S/C14H18BrNO/c1-2-10-7-12(15)8-11-3-4-14(17-13(10)11)5-6-16-9-14/h7-8,16H,2-6,9H2,1H3. The van der Waals surface area contributed by atoms with Gasteiger partial charge in [0.15, 0.2) is 0 Å². The van der Waals surface area contributed by atoms with Gasteiger partial charge in [0.25, 0.3) is 0 Å². The molecular weight excluding hydrogens is 278 g/mol. The third-order valence-corrected chi connectivity index (χ3v) is 4.42. The van der Waals surface area contributed by atoms with Crippen LogP contribution in [0.25, 0.3) is 0 Å². The maximum atomic E-state index is 6.37. The first kappa shape index (κ1) is 11.5. The minimum Gasteiger partial charge on any atom is -0.485 e. The number of halogens is 1. The second kappa shape index (κ2) is 4.29. The number of nitrogens with one attached hydrogen (secondary N) is 1. The van der Waals surface area contributed by atoms with Gasteiger partial charge in [0, 0.05) is 17.4 Å². The van der Waals surface area contributed by atoms with Crippen LogP contribution in [0.15, 0.2) is 16.6 Å². The number of fused-ring (bicyclic) bond motifs is 1. The number of hydrogen-bond acceptors (Lipinski definition) is 2. The van der Waals surface area contributed by atoms with Crippen LogP contribution in [0.4, 0.5) is 0 Å². The maximum absolute atomic E-state index is 6.37. The molecule has 3 heteroatoms. The van der Waals surface area contributed by atoms with E-state index in [1.807, 2.05) is 0 Å². The average Bonchev–Trinajstić information content (AvgIpc) is 2.77. The van der Waals surface area contributed by atoms with Crippen molar-refractivity contribution in [2.75, 3.05) is 13.1 Å². The van der Waals surface area contributed by atoms with Crippen LogP contribution in [0.3, 0.4) is 0 Å². The highest BCUT2D eigenvalue weighted by Crippen LogP contribution is 2.40. The Morgan fingerprint density at radius 3 is 3.00 bits per heavy atom. The first-order chi connectivity index (χ1) is 8.22. The fourth-order valence-electron chi connectivity index (χ4n) is 2.94. The largest absolute Gasteiger partial charge is 0.485 e. The molecule has 1 N–H and O–H groups in total. The smallest absolute Gasteiger partial charge is 0.126 e. The number of hydrogen-bond donors (Lipinski definition) is 1. The summed E-state index contributed by atoms with van der Waals surface area (Å²) in [6, 6.07) is 4.41. The van der Waals surface area contributed by atoms with Crippen LogP contribution in [0.5, 0.6) is 5.75 Å². The van der Waals surface area contributed by atoms with Crippen LogP contribution < -0.4 is 10.1 Å². The Morgan fingerprint density at radius 2 is 2.29 bits per heavy atom. The van der Waals surface area contributed by atoms with E-state index in [-0.39, 0.29) is 5.60 Å². The lowest BCUT2D eigenvalue weighted by Gasteiger charge is -2.36. The molecule has 17 heavy (non-hydrogen) atoms. The zero-order chi connectivity index (χ0) is 11.9. The van der Waals surface area contributed by atoms with Gasteiger partial charge in [-0.2, -0.15) is 0 Å². The van der Waals surface area contributed by atoms with Crippen LogP contribution in [-0.4, -0.2) is 18.7 Å². The van der Waals surface area contributed by atoms with E-state index in [9.17, 15) is 0 Å². The molecule has 2 nitrogen and oxygen atoms in total. The first-order valence-corrected chi connectivity index (χ1v) is 7.23. The minimum absolute atomic E-state index is 0.0742. The van der Waals surface area contributed by atoms with Crippen molar-refractivity contribution in [1.29, 1.82) is 0 Å². The lowest BCUT2D eigenvalue weighted by molar-refractivity contribution is 0.0652. The van der Waals surface area contributed by atoms with Crippen molar-refractivity contribution in [1.82, 2.24) is 5.32 Å². The highest BCUT2D eigenvalue weighted by molar-refractivity contribution is 9.10. The maximum Gasteiger partial charge on any atom is 0.126 e. The van der Waals surface area contributed by atoms with E-state index >= 15 is 0 Å². The van der Waals surface area contributed by atoms with E-state index in [1.54, 1.807) is 0 Å². The van der Waals surface area contributed by atoms with Gasteiger partial charge in [0.1, 0.15) is 11.4 Å². The van der Waals surface area contributed by atoms with E-state index in [1.165, 1.54) is 15.6 Å². The molecule has 1 fully saturated rings. The van der Waals surface area contributed by atoms with Gasteiger partial charge in [-0.05, 0) is 49.1 Å². The summed E-state index contributed by atoms with van der Waals surface area (Å²) in [5, 5.41) is 3.43. The fourth-order valence-corrected chi connectivity index (χ4v) is 3.50. The normalized spacial score (nSPS) is 26.9. The van der Waals surface area contributed by atoms with Gasteiger partial charge in [-0.15, -0.1) is 0 Å². The number of benzene rings is 1. The van der Waals surface area contributed by atoms with Gasteiger partial charge in [-0.3, -0.25) is 0 Å². The molecule has 0 saturated carbocycles. The quantitative estimate of drug-likeness (QED) is 0.860. The van der Waals surface area contributed by atoms with Crippen LogP contribution in [0.1, 0.15) is 30.9 Å². The summed E-state index contributed by atoms with van der Waals surface area (Å²) in [4.78, 5) is 0. The molecule has 0 bridgehead atoms. The molecule has 2 aliphatic rings. The molecule has 1 saturated heterocycles. The second-order valence-electron chi connectivity index (χ2n) is 5.12. The van der Waals surface area contributed by atoms with Crippen molar-refractivity contribution in [3.05, 3.63) is 27.7 Å². The summed E-state index contributed by atoms with van der Waals surface area (Å²) in [5.41, 5.74) is 2.78. The molecule has 1 aromatic rings. The van der Waals surface area contributed by atoms with Gasteiger partial charge in [-0.25, -0.2) is 0 Å². The number of ether oxygens (including phenoxy) is 1. The van der Waals surface area contributed by atoms with Crippen molar-refractivity contribution in [2.45, 2.75) is 38.2 Å². The molecule has 0 aliphatic carbocycles. The van der Waals surface area contributed by atoms with Crippen LogP contribution in [0.2, 0.25) is 0 Å². The van der Waals surface area contributed by atoms with Crippen LogP contribution in [-0.2, 0) is 12.8 Å². The molecule has 0 radical (unpaired) electrons. The molecule has 2 heterocycles. The predicted molar refractivity (Wildman–Crippen MR) is 72.7 cm³/mol. The summed E-state index contributed by atoms with van der Waals surface area (Å²) in [5.74, 6) is 1.16. The summed E-state index contributed by atoms with van der Waals surface area (Å²) < 4.78 is 7.55. The molecule has 1 atom stereocenters. The number of aryl methyl sites for hydroxylation is 2. The van der Waals surface area contributed by atoms with E-state index < -0.39 is 0 Å². The van der Waals surface area contributed by atoms with Crippen LogP contribution >= 0.6 is 15.9 Å². The minimum atomic E-state index is 0.0742. The van der Waals surface area contributed by atoms with Gasteiger partial charge >= 0.3 is 0 Å². The zero-order valence-corrected chi connectivity index (χ0v) is 11.8. The van der Waals surface area contributed by atoms with E-state index in [0.29, 0.717) is 0 Å². The molecule has 1 spiro atoms. The lowest BCUT2D eigenvalue weighted by Crippen LogP contribution is -2.41. The molecule has 2 aliphatic heterocycles. The summed E-state index contributed by atoms with van der Waals surface area (Å²) in [7, 11) is 0. The topological polar surface area (TPSA) is 21.3 Å². The van der Waals surface area contributed by atoms with E-state index in [0.717, 1.165) is 44.5 Å². The molecule has 0 aromatic heterocycles. The van der Waals surface area contributed by atoms with Crippen molar-refractivity contribution in [3.8, 4) is 5.75 Å². The highest BCUT2D eigenvalue weighted by atomic mass is 79.9. The first-order valence-electron chi connectivity index (χ1n) is 6.43. The highest BCUT2D eigenvalue weighted by Gasteiger charge is 2.39.